The van der Waals surface area contributed by atoms with Crippen LogP contribution < -0.4 is 10.1 Å². The van der Waals surface area contributed by atoms with Gasteiger partial charge in [-0.05, 0) is 70.2 Å². The molecule has 3 rings (SSSR count). The number of ether oxygens (including phenoxy) is 1. The molecule has 0 unspecified atom stereocenters. The van der Waals surface area contributed by atoms with Gasteiger partial charge in [0.25, 0.3) is 5.91 Å². The monoisotopic (exact) mass is 544 g/mol. The number of fused-ring (bicyclic) bond motifs is 1. The van der Waals surface area contributed by atoms with Crippen molar-refractivity contribution in [2.24, 2.45) is 0 Å². The SMILES string of the molecule is CC[C@H](C(=O)N[C@@H](C)CC)N(Cc1ccc(Cl)cc1)C(=O)COc1ccc2ccccc2c1Br. The zero-order chi connectivity index (χ0) is 24.7. The molecule has 0 radical (unpaired) electrons. The molecule has 7 heteroatoms. The summed E-state index contributed by atoms with van der Waals surface area (Å²) in [6.45, 7) is 5.97. The minimum atomic E-state index is -0.610. The molecule has 0 heterocycles. The molecular weight excluding hydrogens is 516 g/mol. The normalized spacial score (nSPS) is 12.7. The van der Waals surface area contributed by atoms with Crippen LogP contribution in [-0.2, 0) is 16.1 Å². The number of rotatable bonds is 10. The first-order valence-electron chi connectivity index (χ1n) is 11.5. The average molecular weight is 546 g/mol. The fourth-order valence-electron chi connectivity index (χ4n) is 3.69. The molecule has 0 spiro atoms. The summed E-state index contributed by atoms with van der Waals surface area (Å²) < 4.78 is 6.73. The Balaban J connectivity index is 1.82. The van der Waals surface area contributed by atoms with Crippen molar-refractivity contribution in [2.75, 3.05) is 6.61 Å². The van der Waals surface area contributed by atoms with Gasteiger partial charge in [0, 0.05) is 17.6 Å². The molecular formula is C27H30BrClN2O3. The summed E-state index contributed by atoms with van der Waals surface area (Å²) >= 11 is 9.63. The number of amides is 2. The molecule has 1 N–H and O–H groups in total. The highest BCUT2D eigenvalue weighted by Crippen LogP contribution is 2.33. The van der Waals surface area contributed by atoms with Gasteiger partial charge in [0.05, 0.1) is 4.47 Å². The Bertz CT molecular complexity index is 1140. The summed E-state index contributed by atoms with van der Waals surface area (Å²) in [6, 6.07) is 18.4. The number of carbonyl (C=O) groups is 2. The maximum atomic E-state index is 13.4. The molecule has 0 saturated heterocycles. The van der Waals surface area contributed by atoms with Crippen LogP contribution in [-0.4, -0.2) is 35.4 Å². The topological polar surface area (TPSA) is 58.6 Å². The maximum absolute atomic E-state index is 13.4. The highest BCUT2D eigenvalue weighted by molar-refractivity contribution is 9.10. The lowest BCUT2D eigenvalue weighted by molar-refractivity contribution is -0.143. The van der Waals surface area contributed by atoms with E-state index in [2.05, 4.69) is 21.2 Å². The van der Waals surface area contributed by atoms with Gasteiger partial charge >= 0.3 is 0 Å². The molecule has 0 saturated carbocycles. The molecule has 0 fully saturated rings. The van der Waals surface area contributed by atoms with Gasteiger partial charge in [-0.1, -0.05) is 67.9 Å². The number of hydrogen-bond acceptors (Lipinski definition) is 3. The van der Waals surface area contributed by atoms with Crippen molar-refractivity contribution in [3.05, 3.63) is 75.7 Å². The molecule has 0 aliphatic heterocycles. The Labute approximate surface area is 214 Å². The van der Waals surface area contributed by atoms with E-state index in [9.17, 15) is 9.59 Å². The van der Waals surface area contributed by atoms with E-state index >= 15 is 0 Å². The second-order valence-electron chi connectivity index (χ2n) is 8.28. The van der Waals surface area contributed by atoms with Crippen molar-refractivity contribution in [2.45, 2.75) is 52.2 Å². The molecule has 3 aromatic carbocycles. The van der Waals surface area contributed by atoms with Gasteiger partial charge in [-0.15, -0.1) is 0 Å². The van der Waals surface area contributed by atoms with Crippen molar-refractivity contribution in [3.63, 3.8) is 0 Å². The summed E-state index contributed by atoms with van der Waals surface area (Å²) in [5.74, 6) is 0.155. The molecule has 3 aromatic rings. The number of hydrogen-bond donors (Lipinski definition) is 1. The van der Waals surface area contributed by atoms with E-state index in [-0.39, 0.29) is 31.0 Å². The van der Waals surface area contributed by atoms with Crippen LogP contribution in [0.4, 0.5) is 0 Å². The van der Waals surface area contributed by atoms with E-state index in [0.717, 1.165) is 27.2 Å². The lowest BCUT2D eigenvalue weighted by atomic mass is 10.1. The fourth-order valence-corrected chi connectivity index (χ4v) is 4.43. The number of nitrogens with one attached hydrogen (secondary N) is 1. The highest BCUT2D eigenvalue weighted by Gasteiger charge is 2.29. The number of benzene rings is 3. The van der Waals surface area contributed by atoms with Gasteiger partial charge in [0.15, 0.2) is 6.61 Å². The van der Waals surface area contributed by atoms with Gasteiger partial charge in [-0.3, -0.25) is 9.59 Å². The van der Waals surface area contributed by atoms with Gasteiger partial charge < -0.3 is 15.0 Å². The summed E-state index contributed by atoms with van der Waals surface area (Å²) in [4.78, 5) is 28.0. The van der Waals surface area contributed by atoms with E-state index < -0.39 is 6.04 Å². The summed E-state index contributed by atoms with van der Waals surface area (Å²) in [6.07, 6.45) is 1.30. The standard InChI is InChI=1S/C27H30BrClN2O3/c1-4-18(3)30-27(33)23(5-2)31(16-19-10-13-21(29)14-11-19)25(32)17-34-24-15-12-20-8-6-7-9-22(20)26(24)28/h6-15,18,23H,4-5,16-17H2,1-3H3,(H,30,33)/t18-,23+/m0/s1. The van der Waals surface area contributed by atoms with Crippen molar-refractivity contribution in [1.82, 2.24) is 10.2 Å². The van der Waals surface area contributed by atoms with Gasteiger partial charge in [0.2, 0.25) is 5.91 Å². The summed E-state index contributed by atoms with van der Waals surface area (Å²) in [7, 11) is 0. The van der Waals surface area contributed by atoms with E-state index in [0.29, 0.717) is 17.2 Å². The first-order valence-corrected chi connectivity index (χ1v) is 12.6. The quantitative estimate of drug-likeness (QED) is 0.323. The summed E-state index contributed by atoms with van der Waals surface area (Å²) in [5.41, 5.74) is 0.888. The molecule has 0 bridgehead atoms. The number of nitrogens with zero attached hydrogens (tertiary/aromatic N) is 1. The second-order valence-corrected chi connectivity index (χ2v) is 9.51. The highest BCUT2D eigenvalue weighted by atomic mass is 79.9. The van der Waals surface area contributed by atoms with Crippen LogP contribution in [0, 0.1) is 0 Å². The van der Waals surface area contributed by atoms with Crippen LogP contribution in [0.2, 0.25) is 5.02 Å². The van der Waals surface area contributed by atoms with Crippen molar-refractivity contribution < 1.29 is 14.3 Å². The zero-order valence-corrected chi connectivity index (χ0v) is 22.0. The number of halogens is 2. The van der Waals surface area contributed by atoms with E-state index in [1.54, 1.807) is 17.0 Å². The maximum Gasteiger partial charge on any atom is 0.261 e. The van der Waals surface area contributed by atoms with Crippen LogP contribution in [0.25, 0.3) is 10.8 Å². The van der Waals surface area contributed by atoms with Crippen LogP contribution >= 0.6 is 27.5 Å². The van der Waals surface area contributed by atoms with E-state index in [1.807, 2.05) is 69.3 Å². The predicted molar refractivity (Wildman–Crippen MR) is 141 cm³/mol. The smallest absolute Gasteiger partial charge is 0.261 e. The first kappa shape index (κ1) is 26.0. The largest absolute Gasteiger partial charge is 0.483 e. The van der Waals surface area contributed by atoms with Crippen LogP contribution in [0.3, 0.4) is 0 Å². The molecule has 5 nitrogen and oxygen atoms in total. The Hall–Kier alpha value is -2.57. The van der Waals surface area contributed by atoms with Crippen molar-refractivity contribution >= 4 is 50.1 Å². The van der Waals surface area contributed by atoms with Gasteiger partial charge in [0.1, 0.15) is 11.8 Å². The zero-order valence-electron chi connectivity index (χ0n) is 19.7. The molecule has 2 atom stereocenters. The molecule has 0 aliphatic carbocycles. The van der Waals surface area contributed by atoms with Crippen LogP contribution in [0.1, 0.15) is 39.2 Å². The van der Waals surface area contributed by atoms with Gasteiger partial charge in [-0.2, -0.15) is 0 Å². The van der Waals surface area contributed by atoms with Crippen LogP contribution in [0.15, 0.2) is 65.1 Å². The summed E-state index contributed by atoms with van der Waals surface area (Å²) in [5, 5.41) is 5.71. The first-order chi connectivity index (χ1) is 16.3. The third-order valence-corrected chi connectivity index (χ3v) is 6.90. The predicted octanol–water partition coefficient (Wildman–Crippen LogP) is 6.36. The Morgan fingerprint density at radius 3 is 2.41 bits per heavy atom. The fraction of sp³-hybridized carbons (Fsp3) is 0.333. The minimum absolute atomic E-state index is 0.0267. The lowest BCUT2D eigenvalue weighted by Crippen LogP contribution is -2.51. The minimum Gasteiger partial charge on any atom is -0.483 e. The van der Waals surface area contributed by atoms with Crippen molar-refractivity contribution in [1.29, 1.82) is 0 Å². The Morgan fingerprint density at radius 1 is 1.03 bits per heavy atom. The second kappa shape index (κ2) is 12.2. The lowest BCUT2D eigenvalue weighted by Gasteiger charge is -2.31. The number of carbonyl (C=O) groups excluding carboxylic acids is 2. The Kier molecular flexibility index (Phi) is 9.36. The molecule has 34 heavy (non-hydrogen) atoms. The third-order valence-electron chi connectivity index (χ3n) is 5.83. The molecule has 180 valence electrons. The van der Waals surface area contributed by atoms with Gasteiger partial charge in [-0.25, -0.2) is 0 Å². The van der Waals surface area contributed by atoms with Crippen molar-refractivity contribution in [3.8, 4) is 5.75 Å². The Morgan fingerprint density at radius 2 is 1.74 bits per heavy atom. The molecule has 2 amide bonds. The molecule has 0 aromatic heterocycles. The average Bonchev–Trinajstić information content (AvgIpc) is 2.84. The van der Waals surface area contributed by atoms with Crippen LogP contribution in [0.5, 0.6) is 5.75 Å². The third kappa shape index (κ3) is 6.51. The van der Waals surface area contributed by atoms with E-state index in [1.165, 1.54) is 0 Å². The molecule has 0 aliphatic rings. The van der Waals surface area contributed by atoms with E-state index in [4.69, 9.17) is 16.3 Å².